The van der Waals surface area contributed by atoms with Crippen LogP contribution < -0.4 is 4.90 Å². The van der Waals surface area contributed by atoms with E-state index in [9.17, 15) is 5.11 Å². The van der Waals surface area contributed by atoms with E-state index in [0.29, 0.717) is 5.56 Å². The van der Waals surface area contributed by atoms with E-state index in [4.69, 9.17) is 5.26 Å². The van der Waals surface area contributed by atoms with Crippen molar-refractivity contribution in [1.29, 1.82) is 5.26 Å². The molecule has 2 rings (SSSR count). The quantitative estimate of drug-likeness (QED) is 0.929. The van der Waals surface area contributed by atoms with E-state index in [2.05, 4.69) is 22.4 Å². The predicted octanol–water partition coefficient (Wildman–Crippen LogP) is 3.31. The lowest BCUT2D eigenvalue weighted by Crippen LogP contribution is -2.18. The van der Waals surface area contributed by atoms with Crippen molar-refractivity contribution >= 4 is 17.0 Å². The van der Waals surface area contributed by atoms with Crippen molar-refractivity contribution in [2.75, 3.05) is 11.9 Å². The average molecular weight is 272 g/mol. The standard InChI is InChI=1S/C15H16N2OS/c1-11(18)14-4-3-12(8-16)7-15(14)17(2)9-13-5-6-19-10-13/h3-7,10-11,18H,9H2,1-2H3/t11-/m1/s1. The van der Waals surface area contributed by atoms with Crippen LogP contribution in [0.4, 0.5) is 5.69 Å². The van der Waals surface area contributed by atoms with Gasteiger partial charge in [0.2, 0.25) is 0 Å². The molecule has 1 N–H and O–H groups in total. The van der Waals surface area contributed by atoms with Gasteiger partial charge in [0.15, 0.2) is 0 Å². The van der Waals surface area contributed by atoms with E-state index in [0.717, 1.165) is 17.8 Å². The number of hydrogen-bond donors (Lipinski definition) is 1. The first kappa shape index (κ1) is 13.6. The smallest absolute Gasteiger partial charge is 0.0992 e. The third-order valence-electron chi connectivity index (χ3n) is 3.02. The van der Waals surface area contributed by atoms with Gasteiger partial charge < -0.3 is 10.0 Å². The summed E-state index contributed by atoms with van der Waals surface area (Å²) in [6.07, 6.45) is -0.548. The van der Waals surface area contributed by atoms with Gasteiger partial charge >= 0.3 is 0 Å². The van der Waals surface area contributed by atoms with Crippen molar-refractivity contribution in [2.45, 2.75) is 19.6 Å². The van der Waals surface area contributed by atoms with Gasteiger partial charge in [0.05, 0.1) is 17.7 Å². The molecule has 0 fully saturated rings. The number of rotatable bonds is 4. The van der Waals surface area contributed by atoms with Crippen LogP contribution in [0.2, 0.25) is 0 Å². The molecular weight excluding hydrogens is 256 g/mol. The summed E-state index contributed by atoms with van der Waals surface area (Å²) in [5, 5.41) is 23.0. The van der Waals surface area contributed by atoms with Crippen LogP contribution in [0.15, 0.2) is 35.0 Å². The van der Waals surface area contributed by atoms with Gasteiger partial charge in [0.1, 0.15) is 0 Å². The molecule has 0 radical (unpaired) electrons. The first-order valence-corrected chi connectivity index (χ1v) is 7.00. The first-order chi connectivity index (χ1) is 9.11. The minimum atomic E-state index is -0.548. The number of hydrogen-bond acceptors (Lipinski definition) is 4. The number of benzene rings is 1. The molecule has 0 saturated heterocycles. The van der Waals surface area contributed by atoms with Gasteiger partial charge in [-0.1, -0.05) is 6.07 Å². The minimum absolute atomic E-state index is 0.548. The fourth-order valence-corrected chi connectivity index (χ4v) is 2.70. The highest BCUT2D eigenvalue weighted by molar-refractivity contribution is 7.07. The minimum Gasteiger partial charge on any atom is -0.389 e. The van der Waals surface area contributed by atoms with Gasteiger partial charge in [0, 0.05) is 24.8 Å². The van der Waals surface area contributed by atoms with Crippen LogP contribution in [0.5, 0.6) is 0 Å². The molecule has 1 aromatic heterocycles. The summed E-state index contributed by atoms with van der Waals surface area (Å²) in [6.45, 7) is 2.50. The highest BCUT2D eigenvalue weighted by atomic mass is 32.1. The van der Waals surface area contributed by atoms with Crippen molar-refractivity contribution in [2.24, 2.45) is 0 Å². The third-order valence-corrected chi connectivity index (χ3v) is 3.75. The molecular formula is C15H16N2OS. The SMILES string of the molecule is C[C@@H](O)c1ccc(C#N)cc1N(C)Cc1ccsc1. The van der Waals surface area contributed by atoms with E-state index in [-0.39, 0.29) is 0 Å². The highest BCUT2D eigenvalue weighted by Gasteiger charge is 2.13. The molecule has 1 heterocycles. The largest absolute Gasteiger partial charge is 0.389 e. The van der Waals surface area contributed by atoms with Crippen molar-refractivity contribution < 1.29 is 5.11 Å². The van der Waals surface area contributed by atoms with Crippen molar-refractivity contribution in [3.63, 3.8) is 0 Å². The highest BCUT2D eigenvalue weighted by Crippen LogP contribution is 2.28. The summed E-state index contributed by atoms with van der Waals surface area (Å²) in [4.78, 5) is 2.06. The molecule has 0 unspecified atom stereocenters. The summed E-state index contributed by atoms with van der Waals surface area (Å²) in [7, 11) is 1.97. The fourth-order valence-electron chi connectivity index (χ4n) is 2.04. The summed E-state index contributed by atoms with van der Waals surface area (Å²) >= 11 is 1.67. The topological polar surface area (TPSA) is 47.3 Å². The molecule has 3 nitrogen and oxygen atoms in total. The van der Waals surface area contributed by atoms with Crippen molar-refractivity contribution in [3.8, 4) is 6.07 Å². The Bertz CT molecular complexity index is 585. The maximum absolute atomic E-state index is 9.84. The summed E-state index contributed by atoms with van der Waals surface area (Å²) in [5.41, 5.74) is 3.58. The Morgan fingerprint density at radius 3 is 2.79 bits per heavy atom. The van der Waals surface area contributed by atoms with Crippen LogP contribution in [0.25, 0.3) is 0 Å². The Balaban J connectivity index is 2.33. The second-order valence-corrected chi connectivity index (χ2v) is 5.33. The molecule has 0 saturated carbocycles. The number of anilines is 1. The zero-order chi connectivity index (χ0) is 13.8. The maximum Gasteiger partial charge on any atom is 0.0992 e. The van der Waals surface area contributed by atoms with Gasteiger partial charge in [0.25, 0.3) is 0 Å². The van der Waals surface area contributed by atoms with Crippen LogP contribution in [0.3, 0.4) is 0 Å². The normalized spacial score (nSPS) is 11.9. The van der Waals surface area contributed by atoms with Gasteiger partial charge in [-0.15, -0.1) is 0 Å². The molecule has 98 valence electrons. The molecule has 1 aromatic carbocycles. The molecule has 0 amide bonds. The lowest BCUT2D eigenvalue weighted by atomic mass is 10.0. The molecule has 1 atom stereocenters. The average Bonchev–Trinajstić information content (AvgIpc) is 2.90. The predicted molar refractivity (Wildman–Crippen MR) is 78.2 cm³/mol. The molecule has 0 spiro atoms. The van der Waals surface area contributed by atoms with E-state index in [1.54, 1.807) is 24.3 Å². The Hall–Kier alpha value is -1.83. The Labute approximate surface area is 117 Å². The van der Waals surface area contributed by atoms with Gasteiger partial charge in [-0.05, 0) is 41.4 Å². The van der Waals surface area contributed by atoms with E-state index in [1.807, 2.05) is 24.6 Å². The molecule has 0 bridgehead atoms. The fraction of sp³-hybridized carbons (Fsp3) is 0.267. The second kappa shape index (κ2) is 5.87. The van der Waals surface area contributed by atoms with Crippen LogP contribution in [0.1, 0.15) is 29.7 Å². The van der Waals surface area contributed by atoms with E-state index in [1.165, 1.54) is 5.56 Å². The number of nitriles is 1. The number of thiophene rings is 1. The van der Waals surface area contributed by atoms with Crippen molar-refractivity contribution in [1.82, 2.24) is 0 Å². The zero-order valence-electron chi connectivity index (χ0n) is 11.0. The summed E-state index contributed by atoms with van der Waals surface area (Å²) in [6, 6.07) is 9.61. The zero-order valence-corrected chi connectivity index (χ0v) is 11.8. The second-order valence-electron chi connectivity index (χ2n) is 4.55. The lowest BCUT2D eigenvalue weighted by molar-refractivity contribution is 0.199. The number of aliphatic hydroxyl groups is 1. The maximum atomic E-state index is 9.84. The monoisotopic (exact) mass is 272 g/mol. The molecule has 2 aromatic rings. The molecule has 4 heteroatoms. The Morgan fingerprint density at radius 1 is 1.42 bits per heavy atom. The third kappa shape index (κ3) is 3.14. The van der Waals surface area contributed by atoms with Crippen LogP contribution in [0, 0.1) is 11.3 Å². The van der Waals surface area contributed by atoms with Crippen LogP contribution in [-0.2, 0) is 6.54 Å². The van der Waals surface area contributed by atoms with Gasteiger partial charge in [-0.2, -0.15) is 16.6 Å². The molecule has 19 heavy (non-hydrogen) atoms. The summed E-state index contributed by atoms with van der Waals surface area (Å²) < 4.78 is 0. The Morgan fingerprint density at radius 2 is 2.21 bits per heavy atom. The van der Waals surface area contributed by atoms with Crippen LogP contribution >= 0.6 is 11.3 Å². The van der Waals surface area contributed by atoms with Gasteiger partial charge in [-0.25, -0.2) is 0 Å². The molecule has 0 aliphatic rings. The lowest BCUT2D eigenvalue weighted by Gasteiger charge is -2.23. The first-order valence-electron chi connectivity index (χ1n) is 6.06. The number of aliphatic hydroxyl groups excluding tert-OH is 1. The number of nitrogens with zero attached hydrogens (tertiary/aromatic N) is 2. The summed E-state index contributed by atoms with van der Waals surface area (Å²) in [5.74, 6) is 0. The Kier molecular flexibility index (Phi) is 4.20. The van der Waals surface area contributed by atoms with Crippen LogP contribution in [-0.4, -0.2) is 12.2 Å². The van der Waals surface area contributed by atoms with E-state index < -0.39 is 6.10 Å². The van der Waals surface area contributed by atoms with Gasteiger partial charge in [-0.3, -0.25) is 0 Å². The molecule has 0 aliphatic carbocycles. The van der Waals surface area contributed by atoms with Crippen molar-refractivity contribution in [3.05, 3.63) is 51.7 Å². The van der Waals surface area contributed by atoms with E-state index >= 15 is 0 Å². The molecule has 0 aliphatic heterocycles.